The van der Waals surface area contributed by atoms with E-state index in [2.05, 4.69) is 59.3 Å². The molecule has 142 valence electrons. The third kappa shape index (κ3) is 7.50. The number of imidazole rings is 1. The van der Waals surface area contributed by atoms with E-state index in [1.807, 2.05) is 6.08 Å². The Hall–Kier alpha value is -1.33. The molecule has 0 amide bonds. The average molecular weight is 437 g/mol. The summed E-state index contributed by atoms with van der Waals surface area (Å²) in [6, 6.07) is 8.55. The highest BCUT2D eigenvalue weighted by Gasteiger charge is 2.12. The molecule has 0 radical (unpaired) electrons. The molecule has 0 fully saturated rings. The highest BCUT2D eigenvalue weighted by molar-refractivity contribution is 8.13. The van der Waals surface area contributed by atoms with Crippen LogP contribution in [0.15, 0.2) is 43.2 Å². The van der Waals surface area contributed by atoms with Crippen LogP contribution >= 0.6 is 11.8 Å². The zero-order valence-corrected chi connectivity index (χ0v) is 18.2. The van der Waals surface area contributed by atoms with Crippen molar-refractivity contribution in [2.45, 2.75) is 52.6 Å². The molecule has 26 heavy (non-hydrogen) atoms. The van der Waals surface area contributed by atoms with E-state index in [0.29, 0.717) is 0 Å². The summed E-state index contributed by atoms with van der Waals surface area (Å²) in [5.74, 6) is 2.25. The molecule has 0 bridgehead atoms. The Labute approximate surface area is 172 Å². The Morgan fingerprint density at radius 3 is 2.54 bits per heavy atom. The van der Waals surface area contributed by atoms with Crippen molar-refractivity contribution in [3.05, 3.63) is 60.2 Å². The number of nitrogens with zero attached hydrogens (tertiary/aromatic N) is 2. The number of rotatable bonds is 10. The maximum Gasteiger partial charge on any atom is 0.253 e. The maximum atomic E-state index is 10.9. The first-order valence-corrected chi connectivity index (χ1v) is 9.98. The van der Waals surface area contributed by atoms with E-state index in [9.17, 15) is 4.79 Å². The lowest BCUT2D eigenvalue weighted by molar-refractivity contribution is -0.694. The number of hydrogen-bond donors (Lipinski definition) is 0. The van der Waals surface area contributed by atoms with Crippen molar-refractivity contribution in [1.29, 1.82) is 0 Å². The number of halogens is 1. The average Bonchev–Trinajstić information content (AvgIpc) is 2.94. The topological polar surface area (TPSA) is 25.9 Å². The van der Waals surface area contributed by atoms with Gasteiger partial charge >= 0.3 is 0 Å². The van der Waals surface area contributed by atoms with Gasteiger partial charge < -0.3 is 17.0 Å². The van der Waals surface area contributed by atoms with Gasteiger partial charge in [0.2, 0.25) is 0 Å². The number of carbonyl (C=O) groups excluding carboxylic acids is 1. The molecule has 0 N–H and O–H groups in total. The second kappa shape index (κ2) is 12.1. The number of aromatic nitrogens is 2. The van der Waals surface area contributed by atoms with Gasteiger partial charge in [-0.05, 0) is 30.4 Å². The molecular weight excluding hydrogens is 408 g/mol. The van der Waals surface area contributed by atoms with Crippen LogP contribution in [0.4, 0.5) is 0 Å². The van der Waals surface area contributed by atoms with Crippen LogP contribution in [0.1, 0.15) is 49.6 Å². The Balaban J connectivity index is 0.00000338. The van der Waals surface area contributed by atoms with Crippen molar-refractivity contribution >= 4 is 23.0 Å². The van der Waals surface area contributed by atoms with E-state index in [4.69, 9.17) is 0 Å². The molecule has 2 aromatic rings. The van der Waals surface area contributed by atoms with Gasteiger partial charge in [-0.1, -0.05) is 55.1 Å². The zero-order chi connectivity index (χ0) is 18.1. The van der Waals surface area contributed by atoms with Gasteiger partial charge in [0.25, 0.3) is 5.82 Å². The molecule has 2 rings (SSSR count). The smallest absolute Gasteiger partial charge is 0.253 e. The normalized spacial score (nSPS) is 10.4. The fourth-order valence-corrected chi connectivity index (χ4v) is 3.49. The largest absolute Gasteiger partial charge is 1.00 e. The summed E-state index contributed by atoms with van der Waals surface area (Å²) in [6.07, 6.45) is 11.0. The SMILES string of the molecule is C=Cc1ccc(C[n+]2ccn(CCCCCCSC(C)=O)c2C)cc1.[Br-]. The highest BCUT2D eigenvalue weighted by atomic mass is 79.9. The summed E-state index contributed by atoms with van der Waals surface area (Å²) in [4.78, 5) is 10.9. The van der Waals surface area contributed by atoms with Gasteiger partial charge in [-0.25, -0.2) is 9.13 Å². The monoisotopic (exact) mass is 436 g/mol. The number of unbranched alkanes of at least 4 members (excludes halogenated alkanes) is 3. The second-order valence-electron chi connectivity index (χ2n) is 6.37. The first kappa shape index (κ1) is 22.7. The van der Waals surface area contributed by atoms with Crippen LogP contribution in [0.5, 0.6) is 0 Å². The van der Waals surface area contributed by atoms with Crippen LogP contribution in [0.25, 0.3) is 6.08 Å². The van der Waals surface area contributed by atoms with Crippen molar-refractivity contribution < 1.29 is 26.3 Å². The molecule has 3 nitrogen and oxygen atoms in total. The summed E-state index contributed by atoms with van der Waals surface area (Å²) >= 11 is 1.44. The fraction of sp³-hybridized carbons (Fsp3) is 0.429. The molecule has 1 aromatic carbocycles. The lowest BCUT2D eigenvalue weighted by atomic mass is 10.1. The summed E-state index contributed by atoms with van der Waals surface area (Å²) in [5.41, 5.74) is 2.46. The number of thioether (sulfide) groups is 1. The van der Waals surface area contributed by atoms with Crippen LogP contribution in [0.3, 0.4) is 0 Å². The standard InChI is InChI=1S/C21H29N2OS.BrH/c1-4-20-9-11-21(12-10-20)17-23-15-14-22(18(23)2)13-7-5-6-8-16-25-19(3)24;/h4,9-12,14-15H,1,5-8,13,16-17H2,2-3H3;1H/q+1;/p-1. The number of benzene rings is 1. The first-order valence-electron chi connectivity index (χ1n) is 9.00. The van der Waals surface area contributed by atoms with Crippen LogP contribution in [0.2, 0.25) is 0 Å². The lowest BCUT2D eigenvalue weighted by Crippen LogP contribution is -3.00. The molecule has 0 unspecified atom stereocenters. The van der Waals surface area contributed by atoms with E-state index in [-0.39, 0.29) is 22.1 Å². The van der Waals surface area contributed by atoms with Crippen LogP contribution in [-0.4, -0.2) is 15.4 Å². The Morgan fingerprint density at radius 1 is 1.19 bits per heavy atom. The number of carbonyl (C=O) groups is 1. The van der Waals surface area contributed by atoms with Crippen LogP contribution in [0, 0.1) is 6.92 Å². The number of hydrogen-bond acceptors (Lipinski definition) is 2. The zero-order valence-electron chi connectivity index (χ0n) is 15.8. The van der Waals surface area contributed by atoms with E-state index >= 15 is 0 Å². The van der Waals surface area contributed by atoms with E-state index in [1.54, 1.807) is 6.92 Å². The summed E-state index contributed by atoms with van der Waals surface area (Å²) in [5, 5.41) is 0.228. The molecule has 0 aliphatic carbocycles. The van der Waals surface area contributed by atoms with Gasteiger partial charge in [-0.2, -0.15) is 0 Å². The van der Waals surface area contributed by atoms with Gasteiger partial charge in [0.15, 0.2) is 5.12 Å². The number of aryl methyl sites for hydroxylation is 1. The summed E-state index contributed by atoms with van der Waals surface area (Å²) in [7, 11) is 0. The predicted octanol–water partition coefficient (Wildman–Crippen LogP) is 1.62. The molecule has 0 atom stereocenters. The Morgan fingerprint density at radius 2 is 1.88 bits per heavy atom. The molecule has 0 aliphatic rings. The van der Waals surface area contributed by atoms with Crippen molar-refractivity contribution in [2.24, 2.45) is 0 Å². The van der Waals surface area contributed by atoms with Gasteiger partial charge in [-0.15, -0.1) is 0 Å². The third-order valence-corrected chi connectivity index (χ3v) is 5.32. The predicted molar refractivity (Wildman–Crippen MR) is 107 cm³/mol. The maximum absolute atomic E-state index is 10.9. The van der Waals surface area contributed by atoms with Crippen molar-refractivity contribution in [3.8, 4) is 0 Å². The molecule has 0 spiro atoms. The highest BCUT2D eigenvalue weighted by Crippen LogP contribution is 2.10. The lowest BCUT2D eigenvalue weighted by Gasteiger charge is -2.03. The molecule has 5 heteroatoms. The van der Waals surface area contributed by atoms with Crippen molar-refractivity contribution in [1.82, 2.24) is 4.57 Å². The van der Waals surface area contributed by atoms with Crippen LogP contribution in [-0.2, 0) is 17.9 Å². The third-order valence-electron chi connectivity index (χ3n) is 4.42. The minimum Gasteiger partial charge on any atom is -1.00 e. The molecule has 0 saturated carbocycles. The van der Waals surface area contributed by atoms with E-state index < -0.39 is 0 Å². The van der Waals surface area contributed by atoms with Crippen molar-refractivity contribution in [2.75, 3.05) is 5.75 Å². The first-order chi connectivity index (χ1) is 12.1. The quantitative estimate of drug-likeness (QED) is 0.417. The molecule has 0 saturated heterocycles. The van der Waals surface area contributed by atoms with Gasteiger partial charge in [0.05, 0.1) is 6.54 Å². The Kier molecular flexibility index (Phi) is 10.6. The molecule has 0 aliphatic heterocycles. The molecule has 1 heterocycles. The minimum atomic E-state index is 0. The summed E-state index contributed by atoms with van der Waals surface area (Å²) in [6.45, 7) is 9.59. The minimum absolute atomic E-state index is 0. The second-order valence-corrected chi connectivity index (χ2v) is 7.64. The van der Waals surface area contributed by atoms with Gasteiger partial charge in [0, 0.05) is 19.6 Å². The van der Waals surface area contributed by atoms with Crippen molar-refractivity contribution in [3.63, 3.8) is 0 Å². The van der Waals surface area contributed by atoms with E-state index in [1.165, 1.54) is 42.4 Å². The molecule has 1 aromatic heterocycles. The van der Waals surface area contributed by atoms with Gasteiger partial charge in [0.1, 0.15) is 18.9 Å². The summed E-state index contributed by atoms with van der Waals surface area (Å²) < 4.78 is 4.63. The van der Waals surface area contributed by atoms with Gasteiger partial charge in [-0.3, -0.25) is 4.79 Å². The molecular formula is C21H29BrN2OS. The fourth-order valence-electron chi connectivity index (χ4n) is 2.85. The van der Waals surface area contributed by atoms with E-state index in [0.717, 1.165) is 30.8 Å². The Bertz CT molecular complexity index is 695. The van der Waals surface area contributed by atoms with Crippen LogP contribution < -0.4 is 21.5 Å².